The number of oxime groups is 1. The highest BCUT2D eigenvalue weighted by Gasteiger charge is 1.99. The normalized spacial score (nSPS) is 10.8. The van der Waals surface area contributed by atoms with E-state index in [2.05, 4.69) is 5.16 Å². The van der Waals surface area contributed by atoms with Gasteiger partial charge in [-0.15, -0.1) is 0 Å². The van der Waals surface area contributed by atoms with E-state index in [-0.39, 0.29) is 0 Å². The maximum absolute atomic E-state index is 5.90. The Labute approximate surface area is 116 Å². The highest BCUT2D eigenvalue weighted by molar-refractivity contribution is 6.42. The van der Waals surface area contributed by atoms with Crippen molar-refractivity contribution in [3.05, 3.63) is 69.7 Å². The summed E-state index contributed by atoms with van der Waals surface area (Å²) in [5, 5.41) is 4.94. The van der Waals surface area contributed by atoms with Crippen LogP contribution in [0.5, 0.6) is 0 Å². The van der Waals surface area contributed by atoms with Crippen molar-refractivity contribution in [2.45, 2.75) is 6.61 Å². The molecule has 0 aliphatic heterocycles. The van der Waals surface area contributed by atoms with Crippen LogP contribution in [-0.4, -0.2) is 6.21 Å². The molecule has 0 aliphatic carbocycles. The maximum atomic E-state index is 5.90. The maximum Gasteiger partial charge on any atom is 0.142 e. The first-order chi connectivity index (χ1) is 8.75. The number of halogens is 2. The zero-order valence-corrected chi connectivity index (χ0v) is 11.0. The van der Waals surface area contributed by atoms with Crippen LogP contribution in [0.3, 0.4) is 0 Å². The fraction of sp³-hybridized carbons (Fsp3) is 0.0714. The van der Waals surface area contributed by atoms with Crippen LogP contribution in [0.15, 0.2) is 53.7 Å². The third-order valence-corrected chi connectivity index (χ3v) is 3.03. The molecule has 2 nitrogen and oxygen atoms in total. The van der Waals surface area contributed by atoms with E-state index in [0.717, 1.165) is 11.1 Å². The van der Waals surface area contributed by atoms with Gasteiger partial charge in [-0.05, 0) is 23.3 Å². The van der Waals surface area contributed by atoms with Gasteiger partial charge in [-0.1, -0.05) is 64.8 Å². The topological polar surface area (TPSA) is 21.6 Å². The fourth-order valence-corrected chi connectivity index (χ4v) is 1.70. The van der Waals surface area contributed by atoms with Gasteiger partial charge in [0, 0.05) is 0 Å². The lowest BCUT2D eigenvalue weighted by Crippen LogP contribution is -1.88. The van der Waals surface area contributed by atoms with Crippen LogP contribution in [0.1, 0.15) is 11.1 Å². The Balaban J connectivity index is 1.89. The molecule has 0 bridgehead atoms. The van der Waals surface area contributed by atoms with E-state index in [1.165, 1.54) is 0 Å². The standard InChI is InChI=1S/C14H11Cl2NO/c15-13-7-6-12(8-14(13)16)10-18-17-9-11-4-2-1-3-5-11/h1-9H,10H2. The van der Waals surface area contributed by atoms with Gasteiger partial charge in [0.2, 0.25) is 0 Å². The molecule has 0 unspecified atom stereocenters. The number of hydrogen-bond donors (Lipinski definition) is 0. The van der Waals surface area contributed by atoms with Gasteiger partial charge in [0.25, 0.3) is 0 Å². The summed E-state index contributed by atoms with van der Waals surface area (Å²) in [4.78, 5) is 5.19. The summed E-state index contributed by atoms with van der Waals surface area (Å²) in [6, 6.07) is 15.1. The largest absolute Gasteiger partial charge is 0.391 e. The number of hydrogen-bond acceptors (Lipinski definition) is 2. The summed E-state index contributed by atoms with van der Waals surface area (Å²) in [6.07, 6.45) is 1.66. The lowest BCUT2D eigenvalue weighted by atomic mass is 10.2. The highest BCUT2D eigenvalue weighted by atomic mass is 35.5. The summed E-state index contributed by atoms with van der Waals surface area (Å²) < 4.78 is 0. The summed E-state index contributed by atoms with van der Waals surface area (Å²) in [5.41, 5.74) is 1.92. The van der Waals surface area contributed by atoms with Gasteiger partial charge in [0.15, 0.2) is 0 Å². The van der Waals surface area contributed by atoms with Crippen molar-refractivity contribution < 1.29 is 4.84 Å². The minimum atomic E-state index is 0.361. The van der Waals surface area contributed by atoms with Crippen LogP contribution in [0.4, 0.5) is 0 Å². The molecule has 0 aliphatic rings. The number of nitrogens with zero attached hydrogens (tertiary/aromatic N) is 1. The van der Waals surface area contributed by atoms with E-state index in [9.17, 15) is 0 Å². The summed E-state index contributed by atoms with van der Waals surface area (Å²) >= 11 is 11.7. The fourth-order valence-electron chi connectivity index (χ4n) is 1.38. The minimum Gasteiger partial charge on any atom is -0.391 e. The smallest absolute Gasteiger partial charge is 0.142 e. The van der Waals surface area contributed by atoms with E-state index in [1.807, 2.05) is 36.4 Å². The van der Waals surface area contributed by atoms with Crippen molar-refractivity contribution >= 4 is 29.4 Å². The highest BCUT2D eigenvalue weighted by Crippen LogP contribution is 2.22. The molecule has 0 spiro atoms. The van der Waals surface area contributed by atoms with Gasteiger partial charge in [0.05, 0.1) is 16.3 Å². The predicted octanol–water partition coefficient (Wildman–Crippen LogP) is 4.54. The summed E-state index contributed by atoms with van der Waals surface area (Å²) in [5.74, 6) is 0. The zero-order valence-electron chi connectivity index (χ0n) is 9.51. The summed E-state index contributed by atoms with van der Waals surface area (Å²) in [7, 11) is 0. The Bertz CT molecular complexity index is 541. The molecule has 0 saturated carbocycles. The minimum absolute atomic E-state index is 0.361. The molecule has 0 fully saturated rings. The molecule has 0 saturated heterocycles. The molecule has 0 atom stereocenters. The first-order valence-corrected chi connectivity index (χ1v) is 6.15. The lowest BCUT2D eigenvalue weighted by Gasteiger charge is -2.01. The first kappa shape index (κ1) is 12.9. The molecule has 0 amide bonds. The van der Waals surface area contributed by atoms with E-state index in [0.29, 0.717) is 16.7 Å². The summed E-state index contributed by atoms with van der Waals surface area (Å²) in [6.45, 7) is 0.361. The van der Waals surface area contributed by atoms with Crippen LogP contribution in [0.2, 0.25) is 10.0 Å². The Morgan fingerprint density at radius 2 is 1.78 bits per heavy atom. The van der Waals surface area contributed by atoms with Gasteiger partial charge in [-0.25, -0.2) is 0 Å². The van der Waals surface area contributed by atoms with Crippen molar-refractivity contribution in [2.75, 3.05) is 0 Å². The SMILES string of the molecule is Clc1ccc(CON=Cc2ccccc2)cc1Cl. The Kier molecular flexibility index (Phi) is 4.62. The third kappa shape index (κ3) is 3.76. The van der Waals surface area contributed by atoms with Crippen LogP contribution in [-0.2, 0) is 11.4 Å². The van der Waals surface area contributed by atoms with Crippen LogP contribution in [0.25, 0.3) is 0 Å². The molecule has 18 heavy (non-hydrogen) atoms. The van der Waals surface area contributed by atoms with Crippen LogP contribution < -0.4 is 0 Å². The molecule has 4 heteroatoms. The molecular weight excluding hydrogens is 269 g/mol. The Morgan fingerprint density at radius 3 is 2.50 bits per heavy atom. The van der Waals surface area contributed by atoms with Crippen molar-refractivity contribution in [2.24, 2.45) is 5.16 Å². The predicted molar refractivity (Wildman–Crippen MR) is 75.3 cm³/mol. The van der Waals surface area contributed by atoms with Gasteiger partial charge in [-0.2, -0.15) is 0 Å². The molecule has 0 radical (unpaired) electrons. The number of rotatable bonds is 4. The van der Waals surface area contributed by atoms with Crippen molar-refractivity contribution in [1.29, 1.82) is 0 Å². The van der Waals surface area contributed by atoms with E-state index < -0.39 is 0 Å². The van der Waals surface area contributed by atoms with Gasteiger partial charge >= 0.3 is 0 Å². The molecule has 2 rings (SSSR count). The Hall–Kier alpha value is -1.51. The van der Waals surface area contributed by atoms with Crippen LogP contribution >= 0.6 is 23.2 Å². The molecule has 0 aromatic heterocycles. The second-order valence-electron chi connectivity index (χ2n) is 3.67. The molecular formula is C14H11Cl2NO. The van der Waals surface area contributed by atoms with Gasteiger partial charge in [-0.3, -0.25) is 0 Å². The van der Waals surface area contributed by atoms with Crippen LogP contribution in [0, 0.1) is 0 Å². The second kappa shape index (κ2) is 6.43. The quantitative estimate of drug-likeness (QED) is 0.595. The van der Waals surface area contributed by atoms with Gasteiger partial charge < -0.3 is 4.84 Å². The van der Waals surface area contributed by atoms with E-state index >= 15 is 0 Å². The molecule has 2 aromatic carbocycles. The van der Waals surface area contributed by atoms with E-state index in [4.69, 9.17) is 28.0 Å². The van der Waals surface area contributed by atoms with Crippen molar-refractivity contribution in [1.82, 2.24) is 0 Å². The number of benzene rings is 2. The zero-order chi connectivity index (χ0) is 12.8. The lowest BCUT2D eigenvalue weighted by molar-refractivity contribution is 0.132. The Morgan fingerprint density at radius 1 is 1.00 bits per heavy atom. The molecule has 0 heterocycles. The van der Waals surface area contributed by atoms with E-state index in [1.54, 1.807) is 18.3 Å². The average Bonchev–Trinajstić information content (AvgIpc) is 2.40. The third-order valence-electron chi connectivity index (χ3n) is 2.29. The molecule has 2 aromatic rings. The second-order valence-corrected chi connectivity index (χ2v) is 4.48. The van der Waals surface area contributed by atoms with Gasteiger partial charge in [0.1, 0.15) is 6.61 Å². The van der Waals surface area contributed by atoms with Crippen molar-refractivity contribution in [3.63, 3.8) is 0 Å². The first-order valence-electron chi connectivity index (χ1n) is 5.40. The molecule has 92 valence electrons. The monoisotopic (exact) mass is 279 g/mol. The molecule has 0 N–H and O–H groups in total. The van der Waals surface area contributed by atoms with Crippen molar-refractivity contribution in [3.8, 4) is 0 Å². The average molecular weight is 280 g/mol.